The number of amides is 2. The highest BCUT2D eigenvalue weighted by Crippen LogP contribution is 2.34. The second kappa shape index (κ2) is 13.1. The van der Waals surface area contributed by atoms with Crippen LogP contribution < -0.4 is 23.8 Å². The van der Waals surface area contributed by atoms with E-state index < -0.39 is 5.82 Å². The number of nitrogens with zero attached hydrogens (tertiary/aromatic N) is 5. The lowest BCUT2D eigenvalue weighted by atomic mass is 10.1. The molecule has 2 amide bonds. The van der Waals surface area contributed by atoms with Crippen molar-refractivity contribution in [1.82, 2.24) is 20.0 Å². The molecule has 0 aliphatic carbocycles. The summed E-state index contributed by atoms with van der Waals surface area (Å²) >= 11 is 0. The summed E-state index contributed by atoms with van der Waals surface area (Å²) in [5.41, 5.74) is 2.54. The summed E-state index contributed by atoms with van der Waals surface area (Å²) in [6, 6.07) is 20.0. The number of anilines is 1. The molecule has 2 aliphatic heterocycles. The summed E-state index contributed by atoms with van der Waals surface area (Å²) in [5.74, 6) is 2.24. The predicted molar refractivity (Wildman–Crippen MR) is 163 cm³/mol. The lowest BCUT2D eigenvalue weighted by Gasteiger charge is -2.36. The topological polar surface area (TPSA) is 107 Å². The van der Waals surface area contributed by atoms with E-state index in [1.165, 1.54) is 29.2 Å². The maximum atomic E-state index is 13.6. The molecule has 11 nitrogen and oxygen atoms in total. The van der Waals surface area contributed by atoms with E-state index in [1.807, 2.05) is 30.3 Å². The van der Waals surface area contributed by atoms with Gasteiger partial charge in [-0.15, -0.1) is 10.2 Å². The van der Waals surface area contributed by atoms with Crippen LogP contribution in [0.25, 0.3) is 11.3 Å². The summed E-state index contributed by atoms with van der Waals surface area (Å²) in [6.07, 6.45) is 0. The number of benzene rings is 3. The van der Waals surface area contributed by atoms with Crippen LogP contribution in [0.2, 0.25) is 0 Å². The van der Waals surface area contributed by atoms with Gasteiger partial charge in [-0.3, -0.25) is 9.59 Å². The summed E-state index contributed by atoms with van der Waals surface area (Å²) in [5, 5.41) is 8.86. The van der Waals surface area contributed by atoms with E-state index in [1.54, 1.807) is 37.3 Å². The van der Waals surface area contributed by atoms with Crippen LogP contribution in [0.15, 0.2) is 72.8 Å². The minimum absolute atomic E-state index is 0.134. The highest BCUT2D eigenvalue weighted by atomic mass is 19.1. The number of hydrogen-bond donors (Lipinski definition) is 0. The molecule has 2 aliphatic rings. The maximum absolute atomic E-state index is 13.6. The zero-order valence-electron chi connectivity index (χ0n) is 24.9. The minimum atomic E-state index is -0.442. The molecule has 4 aromatic rings. The Bertz CT molecular complexity index is 1680. The Kier molecular flexibility index (Phi) is 8.63. The fraction of sp³-hybridized carbons (Fsp3) is 0.273. The molecular weight excluding hydrogens is 581 g/mol. The molecular formula is C33H32FN5O6. The molecule has 0 spiro atoms. The predicted octanol–water partition coefficient (Wildman–Crippen LogP) is 4.02. The van der Waals surface area contributed by atoms with Crippen molar-refractivity contribution in [3.63, 3.8) is 0 Å². The zero-order valence-corrected chi connectivity index (χ0v) is 24.9. The number of carbonyl (C=O) groups is 2. The van der Waals surface area contributed by atoms with Crippen LogP contribution in [-0.2, 0) is 11.3 Å². The van der Waals surface area contributed by atoms with Gasteiger partial charge in [0.05, 0.1) is 19.9 Å². The van der Waals surface area contributed by atoms with Crippen LogP contribution >= 0.6 is 0 Å². The van der Waals surface area contributed by atoms with Crippen LogP contribution in [-0.4, -0.2) is 85.5 Å². The Morgan fingerprint density at radius 2 is 1.64 bits per heavy atom. The standard InChI is InChI=1S/C33H32FN5O6/c1-42-25-8-9-26(29(18-25)43-2)27-10-12-31(36-35-27)37-13-15-38(16-14-37)32(40)20-39(33(41)23-4-6-24(34)7-5-23)19-22-3-11-28-30(17-22)45-21-44-28/h3-12,17-18H,13-16,19-21H2,1-2H3. The number of piperazine rings is 1. The van der Waals surface area contributed by atoms with Gasteiger partial charge in [0.15, 0.2) is 17.3 Å². The smallest absolute Gasteiger partial charge is 0.254 e. The average Bonchev–Trinajstić information content (AvgIpc) is 3.56. The van der Waals surface area contributed by atoms with Crippen molar-refractivity contribution >= 4 is 17.6 Å². The van der Waals surface area contributed by atoms with E-state index >= 15 is 0 Å². The van der Waals surface area contributed by atoms with E-state index in [0.29, 0.717) is 66.3 Å². The first kappa shape index (κ1) is 29.7. The van der Waals surface area contributed by atoms with Gasteiger partial charge >= 0.3 is 0 Å². The average molecular weight is 614 g/mol. The second-order valence-electron chi connectivity index (χ2n) is 10.6. The van der Waals surface area contributed by atoms with Gasteiger partial charge in [-0.1, -0.05) is 6.07 Å². The van der Waals surface area contributed by atoms with Gasteiger partial charge in [-0.2, -0.15) is 0 Å². The van der Waals surface area contributed by atoms with Crippen LogP contribution in [0, 0.1) is 5.82 Å². The molecule has 1 aromatic heterocycles. The molecule has 0 unspecified atom stereocenters. The number of aromatic nitrogens is 2. The summed E-state index contributed by atoms with van der Waals surface area (Å²) in [4.78, 5) is 32.3. The van der Waals surface area contributed by atoms with Gasteiger partial charge in [0.1, 0.15) is 23.9 Å². The maximum Gasteiger partial charge on any atom is 0.254 e. The SMILES string of the molecule is COc1ccc(-c2ccc(N3CCN(C(=O)CN(Cc4ccc5c(c4)OCO5)C(=O)c4ccc(F)cc4)CC3)nn2)c(OC)c1. The summed E-state index contributed by atoms with van der Waals surface area (Å²) in [7, 11) is 3.19. The molecule has 3 aromatic carbocycles. The van der Waals surface area contributed by atoms with Crippen LogP contribution in [0.5, 0.6) is 23.0 Å². The highest BCUT2D eigenvalue weighted by Gasteiger charge is 2.27. The number of ether oxygens (including phenoxy) is 4. The number of hydrogen-bond acceptors (Lipinski definition) is 9. The Hall–Kier alpha value is -5.39. The fourth-order valence-electron chi connectivity index (χ4n) is 5.33. The van der Waals surface area contributed by atoms with Crippen molar-refractivity contribution in [1.29, 1.82) is 0 Å². The molecule has 3 heterocycles. The number of carbonyl (C=O) groups excluding carboxylic acids is 2. The first-order valence-electron chi connectivity index (χ1n) is 14.4. The van der Waals surface area contributed by atoms with Crippen LogP contribution in [0.4, 0.5) is 10.2 Å². The Balaban J connectivity index is 1.11. The molecule has 232 valence electrons. The van der Waals surface area contributed by atoms with Crippen molar-refractivity contribution in [2.24, 2.45) is 0 Å². The van der Waals surface area contributed by atoms with E-state index in [9.17, 15) is 14.0 Å². The van der Waals surface area contributed by atoms with Crippen molar-refractivity contribution in [2.75, 3.05) is 58.6 Å². The molecule has 0 radical (unpaired) electrons. The van der Waals surface area contributed by atoms with Crippen LogP contribution in [0.3, 0.4) is 0 Å². The molecule has 0 saturated carbocycles. The number of fused-ring (bicyclic) bond motifs is 1. The second-order valence-corrected chi connectivity index (χ2v) is 10.6. The quantitative estimate of drug-likeness (QED) is 0.277. The first-order valence-corrected chi connectivity index (χ1v) is 14.4. The normalized spacial score (nSPS) is 13.8. The Labute approximate surface area is 259 Å². The number of methoxy groups -OCH3 is 2. The molecule has 1 fully saturated rings. The fourth-order valence-corrected chi connectivity index (χ4v) is 5.33. The van der Waals surface area contributed by atoms with Gasteiger partial charge in [-0.25, -0.2) is 4.39 Å². The summed E-state index contributed by atoms with van der Waals surface area (Å²) < 4.78 is 35.2. The molecule has 12 heteroatoms. The molecule has 6 rings (SSSR count). The van der Waals surface area contributed by atoms with Crippen molar-refractivity contribution in [3.8, 4) is 34.3 Å². The zero-order chi connectivity index (χ0) is 31.3. The largest absolute Gasteiger partial charge is 0.497 e. The van der Waals surface area contributed by atoms with Crippen molar-refractivity contribution in [3.05, 3.63) is 89.7 Å². The number of rotatable bonds is 9. The molecule has 1 saturated heterocycles. The summed E-state index contributed by atoms with van der Waals surface area (Å²) in [6.45, 7) is 2.19. The molecule has 0 atom stereocenters. The van der Waals surface area contributed by atoms with Gasteiger partial charge in [0.2, 0.25) is 12.7 Å². The van der Waals surface area contributed by atoms with Crippen LogP contribution in [0.1, 0.15) is 15.9 Å². The molecule has 0 bridgehead atoms. The molecule has 0 N–H and O–H groups in total. The molecule has 45 heavy (non-hydrogen) atoms. The number of halogens is 1. The first-order chi connectivity index (χ1) is 21.9. The van der Waals surface area contributed by atoms with E-state index in [2.05, 4.69) is 15.1 Å². The van der Waals surface area contributed by atoms with Gasteiger partial charge in [0, 0.05) is 49.9 Å². The third-order valence-corrected chi connectivity index (χ3v) is 7.81. The van der Waals surface area contributed by atoms with E-state index in [0.717, 1.165) is 11.1 Å². The van der Waals surface area contributed by atoms with E-state index in [4.69, 9.17) is 18.9 Å². The third-order valence-electron chi connectivity index (χ3n) is 7.81. The third kappa shape index (κ3) is 6.59. The van der Waals surface area contributed by atoms with Gasteiger partial charge in [0.25, 0.3) is 5.91 Å². The van der Waals surface area contributed by atoms with E-state index in [-0.39, 0.29) is 31.7 Å². The Morgan fingerprint density at radius 1 is 0.867 bits per heavy atom. The Morgan fingerprint density at radius 3 is 2.36 bits per heavy atom. The van der Waals surface area contributed by atoms with Crippen molar-refractivity contribution in [2.45, 2.75) is 6.54 Å². The monoisotopic (exact) mass is 613 g/mol. The minimum Gasteiger partial charge on any atom is -0.497 e. The van der Waals surface area contributed by atoms with Gasteiger partial charge in [-0.05, 0) is 66.2 Å². The highest BCUT2D eigenvalue weighted by molar-refractivity contribution is 5.96. The van der Waals surface area contributed by atoms with Crippen molar-refractivity contribution < 1.29 is 32.9 Å². The van der Waals surface area contributed by atoms with Gasteiger partial charge < -0.3 is 33.6 Å². The lowest BCUT2D eigenvalue weighted by molar-refractivity contribution is -0.132. The lowest BCUT2D eigenvalue weighted by Crippen LogP contribution is -2.52.